The summed E-state index contributed by atoms with van der Waals surface area (Å²) in [6.45, 7) is 10.2. The van der Waals surface area contributed by atoms with Gasteiger partial charge in [-0.25, -0.2) is 22.5 Å². The van der Waals surface area contributed by atoms with Gasteiger partial charge in [0.25, 0.3) is 21.6 Å². The number of pyridine rings is 1. The highest BCUT2D eigenvalue weighted by molar-refractivity contribution is 7.90. The molecular formula is C53H62FN7O8S. The summed E-state index contributed by atoms with van der Waals surface area (Å²) >= 11 is 0. The maximum absolute atomic E-state index is 15.0. The molecule has 11 rings (SSSR count). The van der Waals surface area contributed by atoms with Crippen LogP contribution in [0.4, 0.5) is 21.5 Å². The normalized spacial score (nSPS) is 25.5. The van der Waals surface area contributed by atoms with Crippen molar-refractivity contribution < 1.29 is 37.1 Å². The van der Waals surface area contributed by atoms with Crippen LogP contribution < -0.4 is 24.4 Å². The highest BCUT2D eigenvalue weighted by Crippen LogP contribution is 2.50. The van der Waals surface area contributed by atoms with Crippen LogP contribution in [0.5, 0.6) is 17.2 Å². The summed E-state index contributed by atoms with van der Waals surface area (Å²) in [4.78, 5) is 38.2. The first-order chi connectivity index (χ1) is 33.5. The second-order valence-electron chi connectivity index (χ2n) is 21.6. The van der Waals surface area contributed by atoms with Crippen molar-refractivity contribution in [3.63, 3.8) is 0 Å². The molecule has 1 unspecified atom stereocenters. The predicted octanol–water partition coefficient (Wildman–Crippen LogP) is 9.87. The molecule has 3 saturated carbocycles. The third-order valence-corrected chi connectivity index (χ3v) is 17.8. The van der Waals surface area contributed by atoms with E-state index in [1.807, 2.05) is 0 Å². The Morgan fingerprint density at radius 2 is 1.76 bits per heavy atom. The lowest BCUT2D eigenvalue weighted by molar-refractivity contribution is -0.384. The Morgan fingerprint density at radius 1 is 1.00 bits per heavy atom. The number of hydrogen-bond donors (Lipinski definition) is 4. The van der Waals surface area contributed by atoms with Gasteiger partial charge in [-0.3, -0.25) is 19.8 Å². The molecule has 17 heteroatoms. The maximum Gasteiger partial charge on any atom is 0.297 e. The monoisotopic (exact) mass is 975 g/mol. The van der Waals surface area contributed by atoms with E-state index in [2.05, 4.69) is 62.9 Å². The molecule has 3 aliphatic carbocycles. The average molecular weight is 976 g/mol. The number of nitro groups is 1. The lowest BCUT2D eigenvalue weighted by Gasteiger charge is -2.57. The number of carbonyl (C=O) groups is 1. The van der Waals surface area contributed by atoms with E-state index in [1.165, 1.54) is 48.7 Å². The van der Waals surface area contributed by atoms with E-state index in [1.54, 1.807) is 25.1 Å². The van der Waals surface area contributed by atoms with E-state index in [0.29, 0.717) is 54.9 Å². The minimum absolute atomic E-state index is 0.0185. The predicted molar refractivity (Wildman–Crippen MR) is 264 cm³/mol. The molecule has 370 valence electrons. The van der Waals surface area contributed by atoms with Gasteiger partial charge in [-0.05, 0) is 124 Å². The zero-order valence-corrected chi connectivity index (χ0v) is 40.8. The third kappa shape index (κ3) is 8.86. The topological polar surface area (TPSA) is 192 Å². The van der Waals surface area contributed by atoms with Gasteiger partial charge < -0.3 is 29.8 Å². The molecule has 0 bridgehead atoms. The molecule has 3 atom stereocenters. The smallest absolute Gasteiger partial charge is 0.297 e. The summed E-state index contributed by atoms with van der Waals surface area (Å²) < 4.78 is 58.0. The van der Waals surface area contributed by atoms with E-state index in [9.17, 15) is 28.4 Å². The Labute approximate surface area is 407 Å². The number of halogens is 1. The number of sulfonamides is 1. The quantitative estimate of drug-likeness (QED) is 0.0685. The molecule has 5 aromatic rings. The summed E-state index contributed by atoms with van der Waals surface area (Å²) in [6.07, 6.45) is 11.2. The number of fused-ring (bicyclic) bond motifs is 2. The maximum atomic E-state index is 15.0. The molecule has 5 fully saturated rings. The average Bonchev–Trinajstić information content (AvgIpc) is 3.96. The lowest BCUT2D eigenvalue weighted by Crippen LogP contribution is -2.63. The summed E-state index contributed by atoms with van der Waals surface area (Å²) in [6, 6.07) is 18.0. The molecule has 2 saturated heterocycles. The molecule has 2 aromatic heterocycles. The Bertz CT molecular complexity index is 2970. The molecule has 4 N–H and O–H groups in total. The number of amides is 1. The number of ether oxygens (including phenoxy) is 2. The van der Waals surface area contributed by atoms with Gasteiger partial charge in [-0.1, -0.05) is 44.5 Å². The molecule has 1 spiro atoms. The second kappa shape index (κ2) is 17.8. The van der Waals surface area contributed by atoms with Crippen LogP contribution in [0.1, 0.15) is 136 Å². The number of benzene rings is 3. The van der Waals surface area contributed by atoms with Gasteiger partial charge in [-0.2, -0.15) is 0 Å². The number of piperidine rings is 1. The number of aromatic nitrogens is 2. The van der Waals surface area contributed by atoms with Crippen molar-refractivity contribution >= 4 is 44.0 Å². The molecule has 3 aliphatic heterocycles. The summed E-state index contributed by atoms with van der Waals surface area (Å²) in [5.74, 6) is -0.0206. The van der Waals surface area contributed by atoms with Gasteiger partial charge in [0.05, 0.1) is 38.1 Å². The van der Waals surface area contributed by atoms with E-state index in [4.69, 9.17) is 14.5 Å². The fourth-order valence-electron chi connectivity index (χ4n) is 12.3. The standard InChI is InChI=1S/C53H62FN7O8S/c1-31(2)36-7-4-5-8-37(36)38-9-6-10-43(38)60-29-53(30-60)19-21-59(22-20-53)34-13-14-39(45(23-34)69-47-26-40-41(54)27-55-50(40)57-48(47)33-11-12-33)51(62)58-70(66,67)35-24-44(61(64)65)49-46(25-35)68-28-42(56-49)32-15-17-52(3,63)18-16-32/h4-5,7-8,13-14,23-27,31-33,38,42-43,56,63H,6,9-12,15-22,28-30H2,1-3H3,(H,55,57)(H,58,62)/t32-,38-,42-,43?,52-/m1/s1. The number of likely N-dealkylation sites (tertiary alicyclic amines) is 1. The zero-order chi connectivity index (χ0) is 48.7. The van der Waals surface area contributed by atoms with Crippen LogP contribution in [-0.4, -0.2) is 89.7 Å². The Morgan fingerprint density at radius 3 is 2.49 bits per heavy atom. The van der Waals surface area contributed by atoms with Crippen molar-refractivity contribution in [2.75, 3.05) is 43.0 Å². The molecule has 5 heterocycles. The highest BCUT2D eigenvalue weighted by Gasteiger charge is 2.50. The Kier molecular flexibility index (Phi) is 11.9. The van der Waals surface area contributed by atoms with E-state index >= 15 is 4.39 Å². The summed E-state index contributed by atoms with van der Waals surface area (Å²) in [5.41, 5.74) is 3.67. The van der Waals surface area contributed by atoms with Gasteiger partial charge >= 0.3 is 0 Å². The molecule has 6 aliphatic rings. The molecule has 3 aromatic carbocycles. The molecule has 1 amide bonds. The molecule has 15 nitrogen and oxygen atoms in total. The summed E-state index contributed by atoms with van der Waals surface area (Å²) in [7, 11) is -4.72. The molecular weight excluding hydrogens is 914 g/mol. The largest absolute Gasteiger partial charge is 0.489 e. The lowest BCUT2D eigenvalue weighted by atomic mass is 9.70. The SMILES string of the molecule is CC(C)c1ccccc1[C@H]1CCCC1N1CC2(CCN(c3ccc(C(=O)NS(=O)(=O)c4cc5c(c([N+](=O)[O-])c4)N[C@@H]([C@H]4CC[C@](C)(O)CC4)CO5)c(Oc4cc5c(F)c[nH]c5nc4C4CC4)c3)CC2)C1. The fourth-order valence-corrected chi connectivity index (χ4v) is 13.3. The van der Waals surface area contributed by atoms with Crippen LogP contribution in [0.2, 0.25) is 0 Å². The van der Waals surface area contributed by atoms with Crippen molar-refractivity contribution in [2.24, 2.45) is 11.3 Å². The minimum Gasteiger partial charge on any atom is -0.489 e. The first-order valence-corrected chi connectivity index (χ1v) is 26.6. The van der Waals surface area contributed by atoms with Crippen molar-refractivity contribution in [2.45, 2.75) is 132 Å². The van der Waals surface area contributed by atoms with E-state index < -0.39 is 42.9 Å². The van der Waals surface area contributed by atoms with Gasteiger partial charge in [0.15, 0.2) is 11.4 Å². The number of H-pyrrole nitrogens is 1. The highest BCUT2D eigenvalue weighted by atomic mass is 32.2. The Hall–Kier alpha value is -5.78. The minimum atomic E-state index is -4.72. The van der Waals surface area contributed by atoms with Gasteiger partial charge in [0.2, 0.25) is 0 Å². The number of nitrogens with zero attached hydrogens (tertiary/aromatic N) is 4. The van der Waals surface area contributed by atoms with Crippen LogP contribution in [0, 0.1) is 27.3 Å². The van der Waals surface area contributed by atoms with Crippen molar-refractivity contribution in [1.82, 2.24) is 19.6 Å². The van der Waals surface area contributed by atoms with Gasteiger partial charge in [0, 0.05) is 68.2 Å². The van der Waals surface area contributed by atoms with Crippen LogP contribution in [0.15, 0.2) is 71.8 Å². The van der Waals surface area contributed by atoms with Crippen LogP contribution in [0.3, 0.4) is 0 Å². The fraction of sp³-hybridized carbons (Fsp3) is 0.509. The summed E-state index contributed by atoms with van der Waals surface area (Å²) in [5, 5.41) is 26.4. The second-order valence-corrected chi connectivity index (χ2v) is 23.3. The third-order valence-electron chi connectivity index (χ3n) is 16.4. The van der Waals surface area contributed by atoms with Crippen molar-refractivity contribution in [1.29, 1.82) is 0 Å². The van der Waals surface area contributed by atoms with E-state index in [0.717, 1.165) is 63.6 Å². The van der Waals surface area contributed by atoms with Gasteiger partial charge in [0.1, 0.15) is 29.6 Å². The zero-order valence-electron chi connectivity index (χ0n) is 40.0. The van der Waals surface area contributed by atoms with Crippen molar-refractivity contribution in [3.8, 4) is 17.2 Å². The molecule has 70 heavy (non-hydrogen) atoms. The number of aliphatic hydroxyl groups is 1. The van der Waals surface area contributed by atoms with Gasteiger partial charge in [-0.15, -0.1) is 0 Å². The number of rotatable bonds is 12. The van der Waals surface area contributed by atoms with Crippen LogP contribution >= 0.6 is 0 Å². The number of carbonyl (C=O) groups excluding carboxylic acids is 1. The van der Waals surface area contributed by atoms with Crippen molar-refractivity contribution in [3.05, 3.63) is 105 Å². The number of nitro benzene ring substituents is 1. The Balaban J connectivity index is 0.838. The number of aromatic amines is 1. The number of nitrogens with one attached hydrogen (secondary N) is 3. The first kappa shape index (κ1) is 46.6. The van der Waals surface area contributed by atoms with E-state index in [-0.39, 0.29) is 63.8 Å². The van der Waals surface area contributed by atoms with Crippen LogP contribution in [0.25, 0.3) is 11.0 Å². The number of anilines is 2. The number of hydrogen-bond acceptors (Lipinski definition) is 12. The first-order valence-electron chi connectivity index (χ1n) is 25.1. The molecule has 0 radical (unpaired) electrons. The van der Waals surface area contributed by atoms with Crippen LogP contribution in [-0.2, 0) is 10.0 Å².